The van der Waals surface area contributed by atoms with Gasteiger partial charge in [-0.2, -0.15) is 0 Å². The van der Waals surface area contributed by atoms with Crippen LogP contribution in [0.25, 0.3) is 0 Å². The lowest BCUT2D eigenvalue weighted by molar-refractivity contribution is -0.144. The van der Waals surface area contributed by atoms with Gasteiger partial charge in [0, 0.05) is 43.7 Å². The summed E-state index contributed by atoms with van der Waals surface area (Å²) in [6, 6.07) is 6.65. The lowest BCUT2D eigenvalue weighted by atomic mass is 9.65. The smallest absolute Gasteiger partial charge is 0.251 e. The molecule has 3 heterocycles. The zero-order valence-electron chi connectivity index (χ0n) is 24.7. The van der Waals surface area contributed by atoms with Gasteiger partial charge in [-0.05, 0) is 62.3 Å². The molecular weight excluding hydrogens is 538 g/mol. The minimum Gasteiger partial charge on any atom is -0.497 e. The van der Waals surface area contributed by atoms with Crippen LogP contribution in [0.1, 0.15) is 46.0 Å². The van der Waals surface area contributed by atoms with Crippen molar-refractivity contribution in [3.8, 4) is 5.75 Å². The Morgan fingerprint density at radius 2 is 1.85 bits per heavy atom. The Hall–Kier alpha value is -2.78. The molecule has 1 aromatic carbocycles. The lowest BCUT2D eigenvalue weighted by Crippen LogP contribution is -2.57. The highest BCUT2D eigenvalue weighted by Gasteiger charge is 2.76. The second kappa shape index (κ2) is 13.5. The number of unbranched alkanes of at least 4 members (excludes halogenated alkanes) is 2. The number of hydrogen-bond donors (Lipinski definition) is 1. The molecule has 3 unspecified atom stereocenters. The number of carbonyl (C=O) groups excluding carboxylic acids is 3. The van der Waals surface area contributed by atoms with Crippen molar-refractivity contribution in [3.05, 3.63) is 49.6 Å². The van der Waals surface area contributed by atoms with Crippen molar-refractivity contribution < 1.29 is 24.2 Å². The number of methoxy groups -OCH3 is 1. The molecule has 3 amide bonds. The third-order valence-corrected chi connectivity index (χ3v) is 11.0. The van der Waals surface area contributed by atoms with Gasteiger partial charge in [-0.1, -0.05) is 26.0 Å². The van der Waals surface area contributed by atoms with E-state index in [9.17, 15) is 19.5 Å². The standard InChI is InChI=1S/C32H45N3O5S/c1-6-16-33(17-7-2)29(37)26-25-21-22(4)32(41-25)27(26)30(38)35(19-10-9-11-20-36)28(32)31(39)34(18-8-3)23-12-14-24(40-5)15-13-23/h6,8,12-15,22,25-28,36H,1,3,7,9-11,16-21H2,2,4-5H3/t22?,25-,26+,27+,28?,32?/m1/s1. The number of aliphatic hydroxyl groups is 1. The molecule has 1 N–H and O–H groups in total. The molecule has 3 aliphatic rings. The topological polar surface area (TPSA) is 90.4 Å². The summed E-state index contributed by atoms with van der Waals surface area (Å²) in [7, 11) is 1.60. The average molecular weight is 584 g/mol. The largest absolute Gasteiger partial charge is 0.497 e. The monoisotopic (exact) mass is 583 g/mol. The summed E-state index contributed by atoms with van der Waals surface area (Å²) in [4.78, 5) is 48.5. The first-order chi connectivity index (χ1) is 19.8. The SMILES string of the molecule is C=CCN(CCC)C(=O)[C@@H]1[C@H]2C(=O)N(CCCCCO)C(C(=O)N(CC=C)c3ccc(OC)cc3)C23S[C@@H]1CC3C. The van der Waals surface area contributed by atoms with E-state index in [0.717, 1.165) is 19.3 Å². The molecule has 0 aliphatic carbocycles. The number of amides is 3. The number of benzene rings is 1. The molecule has 1 aromatic rings. The van der Waals surface area contributed by atoms with Gasteiger partial charge in [0.25, 0.3) is 5.91 Å². The zero-order valence-corrected chi connectivity index (χ0v) is 25.5. The summed E-state index contributed by atoms with van der Waals surface area (Å²) in [6.45, 7) is 13.8. The van der Waals surface area contributed by atoms with Crippen molar-refractivity contribution in [2.24, 2.45) is 17.8 Å². The van der Waals surface area contributed by atoms with Gasteiger partial charge in [0.1, 0.15) is 11.8 Å². The van der Waals surface area contributed by atoms with E-state index in [1.54, 1.807) is 40.8 Å². The number of ether oxygens (including phenoxy) is 1. The number of aliphatic hydroxyl groups excluding tert-OH is 1. The molecule has 3 saturated heterocycles. The summed E-state index contributed by atoms with van der Waals surface area (Å²) >= 11 is 1.70. The molecule has 2 bridgehead atoms. The van der Waals surface area contributed by atoms with Crippen LogP contribution in [0, 0.1) is 17.8 Å². The predicted octanol–water partition coefficient (Wildman–Crippen LogP) is 4.14. The second-order valence-electron chi connectivity index (χ2n) is 11.4. The van der Waals surface area contributed by atoms with Gasteiger partial charge >= 0.3 is 0 Å². The summed E-state index contributed by atoms with van der Waals surface area (Å²) in [5.74, 6) is -0.451. The average Bonchev–Trinajstić information content (AvgIpc) is 3.57. The van der Waals surface area contributed by atoms with E-state index in [2.05, 4.69) is 20.1 Å². The highest BCUT2D eigenvalue weighted by atomic mass is 32.2. The van der Waals surface area contributed by atoms with E-state index in [1.807, 2.05) is 36.1 Å². The van der Waals surface area contributed by atoms with Gasteiger partial charge < -0.3 is 24.5 Å². The predicted molar refractivity (Wildman–Crippen MR) is 164 cm³/mol. The molecule has 6 atom stereocenters. The van der Waals surface area contributed by atoms with Gasteiger partial charge in [-0.15, -0.1) is 24.9 Å². The van der Waals surface area contributed by atoms with Crippen molar-refractivity contribution in [2.45, 2.75) is 62.0 Å². The van der Waals surface area contributed by atoms with Crippen LogP contribution < -0.4 is 9.64 Å². The van der Waals surface area contributed by atoms with Crippen LogP contribution >= 0.6 is 11.8 Å². The maximum Gasteiger partial charge on any atom is 0.251 e. The molecule has 3 fully saturated rings. The number of thioether (sulfide) groups is 1. The maximum atomic E-state index is 14.7. The summed E-state index contributed by atoms with van der Waals surface area (Å²) in [5.41, 5.74) is 0.709. The van der Waals surface area contributed by atoms with Gasteiger partial charge in [0.2, 0.25) is 11.8 Å². The first kappa shape index (κ1) is 31.2. The molecular formula is C32H45N3O5S. The van der Waals surface area contributed by atoms with E-state index in [-0.39, 0.29) is 35.5 Å². The van der Waals surface area contributed by atoms with Gasteiger partial charge in [0.15, 0.2) is 0 Å². The number of fused-ring (bicyclic) bond motifs is 1. The third-order valence-electron chi connectivity index (χ3n) is 8.94. The maximum absolute atomic E-state index is 14.7. The van der Waals surface area contributed by atoms with Crippen LogP contribution in [0.5, 0.6) is 5.75 Å². The number of carbonyl (C=O) groups is 3. The molecule has 0 radical (unpaired) electrons. The molecule has 0 saturated carbocycles. The minimum atomic E-state index is -0.696. The summed E-state index contributed by atoms with van der Waals surface area (Å²) in [6.07, 6.45) is 7.14. The van der Waals surface area contributed by atoms with E-state index in [0.29, 0.717) is 50.5 Å². The normalized spacial score (nSPS) is 28.0. The Labute approximate surface area is 248 Å². The van der Waals surface area contributed by atoms with Crippen LogP contribution in [0.4, 0.5) is 5.69 Å². The quantitative estimate of drug-likeness (QED) is 0.247. The number of hydrogen-bond acceptors (Lipinski definition) is 6. The Balaban J connectivity index is 1.76. The molecule has 0 aromatic heterocycles. The number of rotatable bonds is 15. The number of likely N-dealkylation sites (tertiary alicyclic amines) is 1. The third kappa shape index (κ3) is 5.55. The lowest BCUT2D eigenvalue weighted by Gasteiger charge is -2.41. The first-order valence-electron chi connectivity index (χ1n) is 14.9. The summed E-state index contributed by atoms with van der Waals surface area (Å²) in [5, 5.41) is 9.32. The molecule has 4 rings (SSSR count). The minimum absolute atomic E-state index is 0.00260. The summed E-state index contributed by atoms with van der Waals surface area (Å²) < 4.78 is 4.64. The Kier molecular flexibility index (Phi) is 10.2. The molecule has 3 aliphatic heterocycles. The van der Waals surface area contributed by atoms with Crippen molar-refractivity contribution in [2.75, 3.05) is 44.8 Å². The van der Waals surface area contributed by atoms with Gasteiger partial charge in [-0.3, -0.25) is 14.4 Å². The zero-order chi connectivity index (χ0) is 29.7. The van der Waals surface area contributed by atoms with Crippen molar-refractivity contribution in [3.63, 3.8) is 0 Å². The molecule has 1 spiro atoms. The van der Waals surface area contributed by atoms with Crippen LogP contribution in [0.2, 0.25) is 0 Å². The van der Waals surface area contributed by atoms with Crippen molar-refractivity contribution >= 4 is 35.2 Å². The van der Waals surface area contributed by atoms with Crippen molar-refractivity contribution in [1.29, 1.82) is 0 Å². The Morgan fingerprint density at radius 1 is 1.15 bits per heavy atom. The number of anilines is 1. The van der Waals surface area contributed by atoms with Gasteiger partial charge in [0.05, 0.1) is 23.7 Å². The molecule has 8 nitrogen and oxygen atoms in total. The highest BCUT2D eigenvalue weighted by molar-refractivity contribution is 8.02. The molecule has 9 heteroatoms. The van der Waals surface area contributed by atoms with Gasteiger partial charge in [-0.25, -0.2) is 0 Å². The van der Waals surface area contributed by atoms with Crippen LogP contribution in [0.3, 0.4) is 0 Å². The van der Waals surface area contributed by atoms with Crippen LogP contribution in [-0.2, 0) is 14.4 Å². The molecule has 41 heavy (non-hydrogen) atoms. The van der Waals surface area contributed by atoms with Crippen molar-refractivity contribution in [1.82, 2.24) is 9.80 Å². The Bertz CT molecular complexity index is 1130. The first-order valence-corrected chi connectivity index (χ1v) is 15.7. The highest BCUT2D eigenvalue weighted by Crippen LogP contribution is 2.69. The van der Waals surface area contributed by atoms with Crippen LogP contribution in [0.15, 0.2) is 49.6 Å². The van der Waals surface area contributed by atoms with E-state index >= 15 is 0 Å². The second-order valence-corrected chi connectivity index (χ2v) is 12.9. The fourth-order valence-corrected chi connectivity index (χ4v) is 9.59. The van der Waals surface area contributed by atoms with E-state index in [4.69, 9.17) is 4.74 Å². The Morgan fingerprint density at radius 3 is 2.46 bits per heavy atom. The van der Waals surface area contributed by atoms with Crippen LogP contribution in [-0.4, -0.2) is 88.6 Å². The molecule has 224 valence electrons. The van der Waals surface area contributed by atoms with E-state index < -0.39 is 22.6 Å². The number of nitrogens with zero attached hydrogens (tertiary/aromatic N) is 3. The fourth-order valence-electron chi connectivity index (χ4n) is 7.18. The van der Waals surface area contributed by atoms with E-state index in [1.165, 1.54) is 0 Å². The fraction of sp³-hybridized carbons (Fsp3) is 0.594.